The lowest BCUT2D eigenvalue weighted by molar-refractivity contribution is -0.160. The number of ether oxygens (including phenoxy) is 9. The first-order valence-corrected chi connectivity index (χ1v) is 11.8. The lowest BCUT2D eigenvalue weighted by atomic mass is 10.2. The zero-order valence-corrected chi connectivity index (χ0v) is 21.8. The van der Waals surface area contributed by atoms with Crippen molar-refractivity contribution in [2.24, 2.45) is 0 Å². The Morgan fingerprint density at radius 2 is 0.886 bits per heavy atom. The lowest BCUT2D eigenvalue weighted by Gasteiger charge is -2.19. The second-order valence-electron chi connectivity index (χ2n) is 8.23. The monoisotopic (exact) mass is 508 g/mol. The van der Waals surface area contributed by atoms with E-state index in [0.717, 1.165) is 0 Å². The van der Waals surface area contributed by atoms with Crippen LogP contribution in [0, 0.1) is 0 Å². The topological polar surface area (TPSA) is 117 Å². The molecule has 0 amide bonds. The average Bonchev–Trinajstić information content (AvgIpc) is 2.78. The summed E-state index contributed by atoms with van der Waals surface area (Å²) in [5.74, 6) is -0.806. The van der Waals surface area contributed by atoms with Crippen molar-refractivity contribution in [1.82, 2.24) is 0 Å². The summed E-state index contributed by atoms with van der Waals surface area (Å²) in [7, 11) is 0. The zero-order chi connectivity index (χ0) is 26.2. The maximum absolute atomic E-state index is 11.4. The summed E-state index contributed by atoms with van der Waals surface area (Å²) in [6, 6.07) is 0. The molecule has 0 saturated heterocycles. The average molecular weight is 509 g/mol. The van der Waals surface area contributed by atoms with Crippen molar-refractivity contribution in [1.29, 1.82) is 0 Å². The fraction of sp³-hybridized carbons (Fsp3) is 0.833. The molecule has 0 heterocycles. The van der Waals surface area contributed by atoms with E-state index in [2.05, 4.69) is 6.58 Å². The Kier molecular flexibility index (Phi) is 21.8. The highest BCUT2D eigenvalue weighted by molar-refractivity contribution is 5.86. The van der Waals surface area contributed by atoms with Gasteiger partial charge in [0.15, 0.2) is 0 Å². The van der Waals surface area contributed by atoms with Gasteiger partial charge in [0.05, 0.1) is 85.9 Å². The van der Waals surface area contributed by atoms with E-state index < -0.39 is 17.5 Å². The molecule has 0 radical (unpaired) electrons. The van der Waals surface area contributed by atoms with Crippen LogP contribution in [0.15, 0.2) is 12.2 Å². The molecule has 0 rings (SSSR count). The van der Waals surface area contributed by atoms with E-state index in [9.17, 15) is 9.59 Å². The first-order valence-electron chi connectivity index (χ1n) is 11.8. The Morgan fingerprint density at radius 3 is 1.20 bits per heavy atom. The van der Waals surface area contributed by atoms with E-state index >= 15 is 0 Å². The molecule has 0 aliphatic heterocycles. The van der Waals surface area contributed by atoms with Crippen LogP contribution in [0.4, 0.5) is 0 Å². The Hall–Kier alpha value is -1.60. The quantitative estimate of drug-likeness (QED) is 0.107. The van der Waals surface area contributed by atoms with E-state index in [4.69, 9.17) is 42.6 Å². The first-order chi connectivity index (χ1) is 16.7. The van der Waals surface area contributed by atoms with Gasteiger partial charge in [0.1, 0.15) is 18.8 Å². The molecule has 0 spiro atoms. The zero-order valence-electron chi connectivity index (χ0n) is 21.8. The molecule has 35 heavy (non-hydrogen) atoms. The van der Waals surface area contributed by atoms with Crippen molar-refractivity contribution in [3.8, 4) is 0 Å². The standard InChI is InChI=1S/C24H44O11/c1-21(2)23(26)34-19-18-32-15-14-30-11-10-28-7-6-27-8-9-29-12-13-31-16-17-33-20-22(25)35-24(3,4)5/h1,6-20H2,2-5H3. The highest BCUT2D eigenvalue weighted by atomic mass is 16.6. The number of esters is 2. The maximum atomic E-state index is 11.4. The maximum Gasteiger partial charge on any atom is 0.333 e. The van der Waals surface area contributed by atoms with Crippen molar-refractivity contribution in [2.75, 3.05) is 99.1 Å². The summed E-state index contributed by atoms with van der Waals surface area (Å²) < 4.78 is 47.4. The van der Waals surface area contributed by atoms with Crippen LogP contribution in [0.3, 0.4) is 0 Å². The van der Waals surface area contributed by atoms with Crippen molar-refractivity contribution in [3.05, 3.63) is 12.2 Å². The molecule has 0 aromatic carbocycles. The van der Waals surface area contributed by atoms with Gasteiger partial charge in [-0.15, -0.1) is 0 Å². The van der Waals surface area contributed by atoms with Gasteiger partial charge in [-0.3, -0.25) is 0 Å². The molecule has 0 fully saturated rings. The number of rotatable bonds is 24. The molecular formula is C24H44O11. The number of carbonyl (C=O) groups excluding carboxylic acids is 2. The summed E-state index contributed by atoms with van der Waals surface area (Å²) in [6.45, 7) is 16.2. The van der Waals surface area contributed by atoms with E-state index in [-0.39, 0.29) is 13.2 Å². The highest BCUT2D eigenvalue weighted by Crippen LogP contribution is 2.06. The van der Waals surface area contributed by atoms with E-state index in [1.807, 2.05) is 20.8 Å². The number of hydrogen-bond donors (Lipinski definition) is 0. The predicted octanol–water partition coefficient (Wildman–Crippen LogP) is 1.56. The molecule has 0 aliphatic rings. The normalized spacial score (nSPS) is 11.4. The van der Waals surface area contributed by atoms with Crippen LogP contribution in [0.25, 0.3) is 0 Å². The number of hydrogen-bond acceptors (Lipinski definition) is 11. The smallest absolute Gasteiger partial charge is 0.333 e. The van der Waals surface area contributed by atoms with E-state index in [1.54, 1.807) is 6.92 Å². The molecule has 0 bridgehead atoms. The van der Waals surface area contributed by atoms with Crippen molar-refractivity contribution < 1.29 is 52.2 Å². The minimum atomic E-state index is -0.510. The van der Waals surface area contributed by atoms with Crippen molar-refractivity contribution in [2.45, 2.75) is 33.3 Å². The van der Waals surface area contributed by atoms with Crippen LogP contribution in [0.5, 0.6) is 0 Å². The molecule has 0 atom stereocenters. The summed E-state index contributed by atoms with van der Waals surface area (Å²) in [6.07, 6.45) is 0. The van der Waals surface area contributed by atoms with Gasteiger partial charge < -0.3 is 42.6 Å². The Morgan fingerprint density at radius 1 is 0.571 bits per heavy atom. The summed E-state index contributed by atoms with van der Waals surface area (Å²) in [5.41, 5.74) is -0.143. The van der Waals surface area contributed by atoms with Crippen LogP contribution in [0.2, 0.25) is 0 Å². The van der Waals surface area contributed by atoms with Gasteiger partial charge in [0.25, 0.3) is 0 Å². The summed E-state index contributed by atoms with van der Waals surface area (Å²) in [5, 5.41) is 0. The molecule has 206 valence electrons. The third kappa shape index (κ3) is 26.8. The summed E-state index contributed by atoms with van der Waals surface area (Å²) in [4.78, 5) is 22.6. The fourth-order valence-corrected chi connectivity index (χ4v) is 2.16. The summed E-state index contributed by atoms with van der Waals surface area (Å²) >= 11 is 0. The van der Waals surface area contributed by atoms with Crippen LogP contribution in [-0.4, -0.2) is 117 Å². The molecule has 0 saturated carbocycles. The van der Waals surface area contributed by atoms with Gasteiger partial charge in [-0.25, -0.2) is 9.59 Å². The van der Waals surface area contributed by atoms with Gasteiger partial charge >= 0.3 is 11.9 Å². The van der Waals surface area contributed by atoms with Crippen LogP contribution >= 0.6 is 0 Å². The second kappa shape index (κ2) is 22.8. The van der Waals surface area contributed by atoms with Crippen LogP contribution in [0.1, 0.15) is 27.7 Å². The predicted molar refractivity (Wildman–Crippen MR) is 127 cm³/mol. The SMILES string of the molecule is C=C(C)C(=O)OCCOCCOCCOCCOCCOCCOCCOCC(=O)OC(C)(C)C. The van der Waals surface area contributed by atoms with Crippen LogP contribution < -0.4 is 0 Å². The Balaban J connectivity index is 3.15. The molecular weight excluding hydrogens is 464 g/mol. The van der Waals surface area contributed by atoms with E-state index in [1.165, 1.54) is 0 Å². The van der Waals surface area contributed by atoms with Gasteiger partial charge in [-0.05, 0) is 27.7 Å². The Labute approximate surface area is 209 Å². The molecule has 0 aliphatic carbocycles. The molecule has 0 aromatic rings. The van der Waals surface area contributed by atoms with Gasteiger partial charge in [-0.2, -0.15) is 0 Å². The second-order valence-corrected chi connectivity index (χ2v) is 8.23. The first kappa shape index (κ1) is 33.4. The minimum Gasteiger partial charge on any atom is -0.460 e. The Bertz CT molecular complexity index is 546. The highest BCUT2D eigenvalue weighted by Gasteiger charge is 2.15. The molecule has 0 unspecified atom stereocenters. The largest absolute Gasteiger partial charge is 0.460 e. The molecule has 11 nitrogen and oxygen atoms in total. The van der Waals surface area contributed by atoms with E-state index in [0.29, 0.717) is 91.5 Å². The fourth-order valence-electron chi connectivity index (χ4n) is 2.16. The molecule has 0 N–H and O–H groups in total. The van der Waals surface area contributed by atoms with Gasteiger partial charge in [0.2, 0.25) is 0 Å². The third-order valence-corrected chi connectivity index (χ3v) is 3.68. The number of carbonyl (C=O) groups is 2. The van der Waals surface area contributed by atoms with Gasteiger partial charge in [-0.1, -0.05) is 6.58 Å². The third-order valence-electron chi connectivity index (χ3n) is 3.68. The molecule has 0 aromatic heterocycles. The lowest BCUT2D eigenvalue weighted by Crippen LogP contribution is -2.27. The van der Waals surface area contributed by atoms with Crippen molar-refractivity contribution in [3.63, 3.8) is 0 Å². The van der Waals surface area contributed by atoms with Crippen molar-refractivity contribution >= 4 is 11.9 Å². The van der Waals surface area contributed by atoms with Gasteiger partial charge in [0, 0.05) is 5.57 Å². The minimum absolute atomic E-state index is 0.0854. The molecule has 11 heteroatoms. The van der Waals surface area contributed by atoms with Crippen LogP contribution in [-0.2, 0) is 52.2 Å².